The highest BCUT2D eigenvalue weighted by atomic mass is 16.8. The van der Waals surface area contributed by atoms with Crippen LogP contribution in [0, 0.1) is 0 Å². The molecule has 2 aliphatic rings. The monoisotopic (exact) mass is 385 g/mol. The van der Waals surface area contributed by atoms with Crippen LogP contribution in [0.1, 0.15) is 13.8 Å². The Kier molecular flexibility index (Phi) is 5.41. The standard InChI is InChI=1S/C16H27N5O6/c1-16(2)26-11-10(9(8(23)7-22)24-12(11)27-16)25-15-18-13(20(3)4)17-14(19-15)21(5)6/h8-12,22-23H,7H2,1-6H3/t8-,9+,10+,11-,12-/m1/s1. The molecule has 2 saturated heterocycles. The lowest BCUT2D eigenvalue weighted by Crippen LogP contribution is -2.46. The second kappa shape index (κ2) is 7.32. The Morgan fingerprint density at radius 1 is 1.07 bits per heavy atom. The average molecular weight is 385 g/mol. The van der Waals surface area contributed by atoms with Gasteiger partial charge in [-0.2, -0.15) is 15.0 Å². The summed E-state index contributed by atoms with van der Waals surface area (Å²) in [7, 11) is 7.23. The number of aromatic nitrogens is 3. The fraction of sp³-hybridized carbons (Fsp3) is 0.812. The predicted molar refractivity (Wildman–Crippen MR) is 94.7 cm³/mol. The van der Waals surface area contributed by atoms with Crippen LogP contribution in [0.3, 0.4) is 0 Å². The molecule has 1 aromatic heterocycles. The van der Waals surface area contributed by atoms with Gasteiger partial charge in [-0.15, -0.1) is 0 Å². The van der Waals surface area contributed by atoms with Gasteiger partial charge in [0.2, 0.25) is 11.9 Å². The third kappa shape index (κ3) is 4.06. The van der Waals surface area contributed by atoms with E-state index in [2.05, 4.69) is 15.0 Å². The fourth-order valence-corrected chi connectivity index (χ4v) is 2.96. The van der Waals surface area contributed by atoms with E-state index < -0.39 is 43.1 Å². The Hall–Kier alpha value is -1.79. The maximum absolute atomic E-state index is 10.1. The van der Waals surface area contributed by atoms with E-state index in [0.717, 1.165) is 0 Å². The SMILES string of the molecule is CN(C)c1nc(O[C@H]2[C@H]([C@H](O)CO)O[C@@H]3OC(C)(C)O[C@@H]32)nc(N(C)C)n1. The zero-order chi connectivity index (χ0) is 19.9. The first-order valence-electron chi connectivity index (χ1n) is 8.68. The topological polar surface area (TPSA) is 123 Å². The quantitative estimate of drug-likeness (QED) is 0.625. The van der Waals surface area contributed by atoms with Crippen LogP contribution in [0.4, 0.5) is 11.9 Å². The summed E-state index contributed by atoms with van der Waals surface area (Å²) in [5.74, 6) is -0.0147. The predicted octanol–water partition coefficient (Wildman–Crippen LogP) is -1.02. The van der Waals surface area contributed by atoms with Gasteiger partial charge in [0.25, 0.3) is 0 Å². The lowest BCUT2D eigenvalue weighted by molar-refractivity contribution is -0.225. The molecule has 3 heterocycles. The van der Waals surface area contributed by atoms with Gasteiger partial charge in [-0.1, -0.05) is 0 Å². The smallest absolute Gasteiger partial charge is 0.323 e. The molecule has 0 bridgehead atoms. The van der Waals surface area contributed by atoms with Gasteiger partial charge in [-0.3, -0.25) is 0 Å². The van der Waals surface area contributed by atoms with Gasteiger partial charge in [0.05, 0.1) is 6.61 Å². The number of nitrogens with zero attached hydrogens (tertiary/aromatic N) is 5. The average Bonchev–Trinajstić information content (AvgIpc) is 3.06. The number of aliphatic hydroxyl groups is 2. The van der Waals surface area contributed by atoms with E-state index in [0.29, 0.717) is 11.9 Å². The minimum Gasteiger partial charge on any atom is -0.454 e. The molecule has 5 atom stereocenters. The van der Waals surface area contributed by atoms with Gasteiger partial charge in [-0.05, 0) is 13.8 Å². The van der Waals surface area contributed by atoms with Crippen molar-refractivity contribution in [3.8, 4) is 6.01 Å². The summed E-state index contributed by atoms with van der Waals surface area (Å²) in [4.78, 5) is 16.4. The zero-order valence-corrected chi connectivity index (χ0v) is 16.4. The molecule has 11 heteroatoms. The van der Waals surface area contributed by atoms with Crippen LogP contribution >= 0.6 is 0 Å². The summed E-state index contributed by atoms with van der Waals surface area (Å²) in [6.07, 6.45) is -4.12. The van der Waals surface area contributed by atoms with Crippen LogP contribution in [0.5, 0.6) is 6.01 Å². The minimum atomic E-state index is -1.17. The summed E-state index contributed by atoms with van der Waals surface area (Å²) in [5, 5.41) is 19.5. The number of aliphatic hydroxyl groups excluding tert-OH is 2. The molecule has 27 heavy (non-hydrogen) atoms. The molecule has 0 aromatic carbocycles. The lowest BCUT2D eigenvalue weighted by atomic mass is 10.1. The molecular weight excluding hydrogens is 358 g/mol. The van der Waals surface area contributed by atoms with Crippen LogP contribution < -0.4 is 14.5 Å². The van der Waals surface area contributed by atoms with Crippen LogP contribution in [0.2, 0.25) is 0 Å². The highest BCUT2D eigenvalue weighted by molar-refractivity contribution is 5.38. The summed E-state index contributed by atoms with van der Waals surface area (Å²) >= 11 is 0. The summed E-state index contributed by atoms with van der Waals surface area (Å²) in [5.41, 5.74) is 0. The number of fused-ring (bicyclic) bond motifs is 1. The van der Waals surface area contributed by atoms with Crippen molar-refractivity contribution >= 4 is 11.9 Å². The first kappa shape index (κ1) is 20.0. The van der Waals surface area contributed by atoms with Crippen LogP contribution in [0.25, 0.3) is 0 Å². The Balaban J connectivity index is 1.91. The summed E-state index contributed by atoms with van der Waals surface area (Å²) < 4.78 is 23.3. The van der Waals surface area contributed by atoms with Gasteiger partial charge in [-0.25, -0.2) is 0 Å². The van der Waals surface area contributed by atoms with Gasteiger partial charge in [0, 0.05) is 28.2 Å². The number of anilines is 2. The van der Waals surface area contributed by atoms with Gasteiger partial charge in [0.1, 0.15) is 12.2 Å². The molecule has 152 valence electrons. The fourth-order valence-electron chi connectivity index (χ4n) is 2.96. The molecule has 2 N–H and O–H groups in total. The molecule has 0 spiro atoms. The van der Waals surface area contributed by atoms with Crippen LogP contribution in [0.15, 0.2) is 0 Å². The van der Waals surface area contributed by atoms with Crippen molar-refractivity contribution in [3.63, 3.8) is 0 Å². The van der Waals surface area contributed by atoms with Crippen molar-refractivity contribution in [2.75, 3.05) is 44.6 Å². The van der Waals surface area contributed by atoms with E-state index in [9.17, 15) is 10.2 Å². The number of hydrogen-bond acceptors (Lipinski definition) is 11. The molecule has 0 saturated carbocycles. The Bertz CT molecular complexity index is 646. The normalized spacial score (nSPS) is 30.1. The molecule has 0 amide bonds. The van der Waals surface area contributed by atoms with E-state index >= 15 is 0 Å². The van der Waals surface area contributed by atoms with Crippen LogP contribution in [-0.4, -0.2) is 96.5 Å². The highest BCUT2D eigenvalue weighted by Crippen LogP contribution is 2.39. The van der Waals surface area contributed by atoms with Crippen molar-refractivity contribution in [3.05, 3.63) is 0 Å². The molecule has 0 radical (unpaired) electrons. The first-order chi connectivity index (χ1) is 12.6. The molecule has 2 fully saturated rings. The minimum absolute atomic E-state index is 0.0649. The van der Waals surface area contributed by atoms with E-state index in [4.69, 9.17) is 18.9 Å². The highest BCUT2D eigenvalue weighted by Gasteiger charge is 2.58. The second-order valence-electron chi connectivity index (χ2n) is 7.41. The molecule has 3 rings (SSSR count). The van der Waals surface area contributed by atoms with Gasteiger partial charge < -0.3 is 39.0 Å². The van der Waals surface area contributed by atoms with Gasteiger partial charge in [0.15, 0.2) is 24.3 Å². The largest absolute Gasteiger partial charge is 0.454 e. The number of rotatable bonds is 6. The van der Waals surface area contributed by atoms with E-state index in [1.165, 1.54) is 0 Å². The lowest BCUT2D eigenvalue weighted by Gasteiger charge is -2.28. The summed E-state index contributed by atoms with van der Waals surface area (Å²) in [6.45, 7) is 3.04. The Labute approximate surface area is 157 Å². The first-order valence-corrected chi connectivity index (χ1v) is 8.68. The van der Waals surface area contributed by atoms with Gasteiger partial charge >= 0.3 is 6.01 Å². The van der Waals surface area contributed by atoms with Crippen LogP contribution in [-0.2, 0) is 14.2 Å². The third-order valence-electron chi connectivity index (χ3n) is 4.23. The molecule has 2 aliphatic heterocycles. The number of hydrogen-bond donors (Lipinski definition) is 2. The molecule has 0 unspecified atom stereocenters. The van der Waals surface area contributed by atoms with E-state index in [1.54, 1.807) is 23.6 Å². The number of ether oxygens (including phenoxy) is 4. The molecule has 11 nitrogen and oxygen atoms in total. The van der Waals surface area contributed by atoms with Crippen molar-refractivity contribution in [2.24, 2.45) is 0 Å². The maximum atomic E-state index is 10.1. The Morgan fingerprint density at radius 3 is 2.19 bits per heavy atom. The Morgan fingerprint density at radius 2 is 1.67 bits per heavy atom. The molecule has 1 aromatic rings. The zero-order valence-electron chi connectivity index (χ0n) is 16.4. The second-order valence-corrected chi connectivity index (χ2v) is 7.41. The molecule has 0 aliphatic carbocycles. The summed E-state index contributed by atoms with van der Waals surface area (Å²) in [6, 6.07) is 0.0649. The van der Waals surface area contributed by atoms with E-state index in [1.807, 2.05) is 28.2 Å². The molecular formula is C16H27N5O6. The maximum Gasteiger partial charge on any atom is 0.323 e. The van der Waals surface area contributed by atoms with Crippen molar-refractivity contribution in [1.82, 2.24) is 15.0 Å². The van der Waals surface area contributed by atoms with E-state index in [-0.39, 0.29) is 6.01 Å². The van der Waals surface area contributed by atoms with Crippen molar-refractivity contribution < 1.29 is 29.2 Å². The van der Waals surface area contributed by atoms with Crippen molar-refractivity contribution in [1.29, 1.82) is 0 Å². The third-order valence-corrected chi connectivity index (χ3v) is 4.23. The van der Waals surface area contributed by atoms with Crippen molar-refractivity contribution in [2.45, 2.75) is 50.3 Å².